The summed E-state index contributed by atoms with van der Waals surface area (Å²) in [6.07, 6.45) is 0. The van der Waals surface area contributed by atoms with Gasteiger partial charge in [0, 0.05) is 31.2 Å². The minimum Gasteiger partial charge on any atom is -0.364 e. The number of amides is 2. The third kappa shape index (κ3) is 3.64. The Balaban J connectivity index is 1.80. The molecule has 2 aliphatic heterocycles. The number of halogens is 1. The van der Waals surface area contributed by atoms with Gasteiger partial charge < -0.3 is 9.80 Å². The van der Waals surface area contributed by atoms with Crippen LogP contribution in [0.5, 0.6) is 0 Å². The standard InChI is InChI=1S/C24H26ClN3O2/c1-4-26-10-12-27(13-11-26)22-21(18-9-8-16(2)17(3)14-18)23(29)28(24(22)30)20-7-5-6-19(25)15-20/h5-9,14-15H,4,10-13H2,1-3H3. The summed E-state index contributed by atoms with van der Waals surface area (Å²) in [5.41, 5.74) is 4.51. The summed E-state index contributed by atoms with van der Waals surface area (Å²) in [6.45, 7) is 10.4. The quantitative estimate of drug-likeness (QED) is 0.700. The number of carbonyl (C=O) groups excluding carboxylic acids is 2. The molecule has 0 radical (unpaired) electrons. The molecular formula is C24H26ClN3O2. The highest BCUT2D eigenvalue weighted by Gasteiger charge is 2.43. The third-order valence-corrected chi connectivity index (χ3v) is 6.29. The van der Waals surface area contributed by atoms with E-state index in [1.54, 1.807) is 24.3 Å². The van der Waals surface area contributed by atoms with Gasteiger partial charge in [0.1, 0.15) is 5.70 Å². The van der Waals surface area contributed by atoms with Crippen molar-refractivity contribution in [2.24, 2.45) is 0 Å². The minimum atomic E-state index is -0.293. The summed E-state index contributed by atoms with van der Waals surface area (Å²) in [7, 11) is 0. The van der Waals surface area contributed by atoms with E-state index in [1.807, 2.05) is 32.0 Å². The number of nitrogens with zero attached hydrogens (tertiary/aromatic N) is 3. The number of hydrogen-bond donors (Lipinski definition) is 0. The first-order valence-electron chi connectivity index (χ1n) is 10.3. The molecule has 156 valence electrons. The van der Waals surface area contributed by atoms with Gasteiger partial charge in [-0.3, -0.25) is 9.59 Å². The summed E-state index contributed by atoms with van der Waals surface area (Å²) in [5.74, 6) is -0.570. The molecule has 2 aromatic rings. The summed E-state index contributed by atoms with van der Waals surface area (Å²) in [5, 5.41) is 0.492. The van der Waals surface area contributed by atoms with Crippen molar-refractivity contribution >= 4 is 34.7 Å². The normalized spacial score (nSPS) is 18.0. The molecule has 0 spiro atoms. The predicted molar refractivity (Wildman–Crippen MR) is 120 cm³/mol. The second-order valence-corrected chi connectivity index (χ2v) is 8.31. The lowest BCUT2D eigenvalue weighted by Crippen LogP contribution is -2.47. The molecule has 0 aromatic heterocycles. The molecule has 1 saturated heterocycles. The Kier molecular flexibility index (Phi) is 5.67. The zero-order chi connectivity index (χ0) is 21.4. The van der Waals surface area contributed by atoms with Crippen LogP contribution in [0.3, 0.4) is 0 Å². The molecule has 2 aromatic carbocycles. The molecule has 6 heteroatoms. The van der Waals surface area contributed by atoms with Gasteiger partial charge in [-0.05, 0) is 55.3 Å². The number of aryl methyl sites for hydroxylation is 2. The topological polar surface area (TPSA) is 43.9 Å². The molecule has 0 bridgehead atoms. The van der Waals surface area contributed by atoms with Crippen molar-refractivity contribution in [1.82, 2.24) is 9.80 Å². The SMILES string of the molecule is CCN1CCN(C2=C(c3ccc(C)c(C)c3)C(=O)N(c3cccc(Cl)c3)C2=O)CC1. The van der Waals surface area contributed by atoms with Crippen LogP contribution in [-0.4, -0.2) is 54.3 Å². The lowest BCUT2D eigenvalue weighted by Gasteiger charge is -2.36. The van der Waals surface area contributed by atoms with E-state index in [-0.39, 0.29) is 11.8 Å². The van der Waals surface area contributed by atoms with E-state index in [4.69, 9.17) is 11.6 Å². The molecule has 0 unspecified atom stereocenters. The molecule has 2 heterocycles. The van der Waals surface area contributed by atoms with Crippen LogP contribution in [0.2, 0.25) is 5.02 Å². The van der Waals surface area contributed by atoms with Crippen molar-refractivity contribution in [2.75, 3.05) is 37.6 Å². The van der Waals surface area contributed by atoms with Crippen molar-refractivity contribution in [2.45, 2.75) is 20.8 Å². The minimum absolute atomic E-state index is 0.277. The molecular weight excluding hydrogens is 398 g/mol. The van der Waals surface area contributed by atoms with Gasteiger partial charge in [-0.2, -0.15) is 0 Å². The van der Waals surface area contributed by atoms with Crippen LogP contribution in [0.1, 0.15) is 23.6 Å². The van der Waals surface area contributed by atoms with Gasteiger partial charge >= 0.3 is 0 Å². The van der Waals surface area contributed by atoms with Gasteiger partial charge in [0.25, 0.3) is 11.8 Å². The maximum Gasteiger partial charge on any atom is 0.282 e. The highest BCUT2D eigenvalue weighted by atomic mass is 35.5. The maximum atomic E-state index is 13.6. The van der Waals surface area contributed by atoms with E-state index < -0.39 is 0 Å². The second kappa shape index (κ2) is 8.25. The lowest BCUT2D eigenvalue weighted by molar-refractivity contribution is -0.120. The number of imide groups is 1. The van der Waals surface area contributed by atoms with Gasteiger partial charge in [-0.1, -0.05) is 42.8 Å². The number of rotatable bonds is 4. The maximum absolute atomic E-state index is 13.6. The van der Waals surface area contributed by atoms with Gasteiger partial charge in [0.05, 0.1) is 11.3 Å². The van der Waals surface area contributed by atoms with Gasteiger partial charge in [0.15, 0.2) is 0 Å². The third-order valence-electron chi connectivity index (χ3n) is 6.06. The first kappa shape index (κ1) is 20.6. The van der Waals surface area contributed by atoms with Gasteiger partial charge in [-0.25, -0.2) is 4.90 Å². The smallest absolute Gasteiger partial charge is 0.282 e. The van der Waals surface area contributed by atoms with E-state index in [2.05, 4.69) is 16.7 Å². The lowest BCUT2D eigenvalue weighted by atomic mass is 9.99. The number of benzene rings is 2. The molecule has 1 fully saturated rings. The Hall–Kier alpha value is -2.63. The Bertz CT molecular complexity index is 1040. The van der Waals surface area contributed by atoms with Crippen LogP contribution < -0.4 is 4.90 Å². The zero-order valence-corrected chi connectivity index (χ0v) is 18.4. The van der Waals surface area contributed by atoms with Crippen LogP contribution in [0.4, 0.5) is 5.69 Å². The summed E-state index contributed by atoms with van der Waals surface area (Å²) < 4.78 is 0. The van der Waals surface area contributed by atoms with Crippen LogP contribution in [0.25, 0.3) is 5.57 Å². The predicted octanol–water partition coefficient (Wildman–Crippen LogP) is 3.88. The Labute approximate surface area is 182 Å². The monoisotopic (exact) mass is 423 g/mol. The first-order chi connectivity index (χ1) is 14.4. The highest BCUT2D eigenvalue weighted by Crippen LogP contribution is 2.36. The van der Waals surface area contributed by atoms with Crippen molar-refractivity contribution in [1.29, 1.82) is 0 Å². The largest absolute Gasteiger partial charge is 0.364 e. The van der Waals surface area contributed by atoms with Gasteiger partial charge in [0.2, 0.25) is 0 Å². The fourth-order valence-electron chi connectivity index (χ4n) is 4.11. The molecule has 30 heavy (non-hydrogen) atoms. The van der Waals surface area contributed by atoms with Crippen molar-refractivity contribution < 1.29 is 9.59 Å². The number of piperazine rings is 1. The van der Waals surface area contributed by atoms with Crippen LogP contribution in [-0.2, 0) is 9.59 Å². The van der Waals surface area contributed by atoms with E-state index in [1.165, 1.54) is 4.90 Å². The fraction of sp³-hybridized carbons (Fsp3) is 0.333. The summed E-state index contributed by atoms with van der Waals surface area (Å²) >= 11 is 6.15. The van der Waals surface area contributed by atoms with Crippen LogP contribution in [0.15, 0.2) is 48.2 Å². The highest BCUT2D eigenvalue weighted by molar-refractivity contribution is 6.45. The zero-order valence-electron chi connectivity index (χ0n) is 17.6. The van der Waals surface area contributed by atoms with Crippen molar-refractivity contribution in [3.05, 3.63) is 69.9 Å². The van der Waals surface area contributed by atoms with E-state index in [0.717, 1.165) is 49.4 Å². The average molecular weight is 424 g/mol. The number of anilines is 1. The molecule has 5 nitrogen and oxygen atoms in total. The molecule has 0 N–H and O–H groups in total. The van der Waals surface area contributed by atoms with E-state index in [9.17, 15) is 9.59 Å². The number of hydrogen-bond acceptors (Lipinski definition) is 4. The number of carbonyl (C=O) groups is 2. The Morgan fingerprint density at radius 3 is 2.27 bits per heavy atom. The average Bonchev–Trinajstić information content (AvgIpc) is 3.00. The fourth-order valence-corrected chi connectivity index (χ4v) is 4.29. The first-order valence-corrected chi connectivity index (χ1v) is 10.7. The molecule has 0 saturated carbocycles. The Morgan fingerprint density at radius 1 is 0.900 bits per heavy atom. The molecule has 0 atom stereocenters. The molecule has 2 amide bonds. The van der Waals surface area contributed by atoms with Crippen LogP contribution >= 0.6 is 11.6 Å². The molecule has 0 aliphatic carbocycles. The van der Waals surface area contributed by atoms with E-state index in [0.29, 0.717) is 22.0 Å². The summed E-state index contributed by atoms with van der Waals surface area (Å²) in [4.78, 5) is 32.8. The summed E-state index contributed by atoms with van der Waals surface area (Å²) in [6, 6.07) is 12.8. The van der Waals surface area contributed by atoms with Gasteiger partial charge in [-0.15, -0.1) is 0 Å². The van der Waals surface area contributed by atoms with Crippen molar-refractivity contribution in [3.8, 4) is 0 Å². The van der Waals surface area contributed by atoms with E-state index >= 15 is 0 Å². The Morgan fingerprint density at radius 2 is 1.63 bits per heavy atom. The van der Waals surface area contributed by atoms with Crippen LogP contribution in [0, 0.1) is 13.8 Å². The van der Waals surface area contributed by atoms with Crippen molar-refractivity contribution in [3.63, 3.8) is 0 Å². The molecule has 2 aliphatic rings. The molecule has 4 rings (SSSR count). The second-order valence-electron chi connectivity index (χ2n) is 7.87. The number of likely N-dealkylation sites (N-methyl/N-ethyl adjacent to an activating group) is 1.